The van der Waals surface area contributed by atoms with Gasteiger partial charge in [-0.05, 0) is 102 Å². The minimum Gasteiger partial charge on any atom is -0.493 e. The second-order valence-electron chi connectivity index (χ2n) is 12.7. The molecule has 7 nitrogen and oxygen atoms in total. The Labute approximate surface area is 326 Å². The lowest BCUT2D eigenvalue weighted by Gasteiger charge is -2.34. The summed E-state index contributed by atoms with van der Waals surface area (Å²) in [6.45, 7) is 8.60. The van der Waals surface area contributed by atoms with E-state index in [9.17, 15) is 9.18 Å². The van der Waals surface area contributed by atoms with E-state index in [0.29, 0.717) is 52.7 Å². The quantitative estimate of drug-likeness (QED) is 0.111. The lowest BCUT2D eigenvalue weighted by molar-refractivity contribution is -0.127. The Hall–Kier alpha value is -4.60. The molecule has 2 heterocycles. The van der Waals surface area contributed by atoms with Crippen molar-refractivity contribution in [2.24, 2.45) is 0 Å². The highest BCUT2D eigenvalue weighted by molar-refractivity contribution is 6.31. The number of carbonyl (C=O) groups is 1. The summed E-state index contributed by atoms with van der Waals surface area (Å²) in [6, 6.07) is 27.7. The maximum Gasteiger partial charge on any atom is 0.246 e. The predicted molar refractivity (Wildman–Crippen MR) is 211 cm³/mol. The van der Waals surface area contributed by atoms with E-state index in [1.165, 1.54) is 23.3 Å². The van der Waals surface area contributed by atoms with Crippen molar-refractivity contribution >= 4 is 47.6 Å². The van der Waals surface area contributed by atoms with Gasteiger partial charge in [-0.25, -0.2) is 9.37 Å². The van der Waals surface area contributed by atoms with Crippen LogP contribution < -0.4 is 14.2 Å². The molecule has 1 saturated heterocycles. The molecule has 11 heteroatoms. The standard InChI is InChI=1S/C42H40Cl2FN3O4.ClH/c1-29-23-33(24-30(2)42(29)52-40-15-14-38(26-46-40)51-28-34-8-11-36(45)25-39(34)44)7-16-41(49)48-20-18-47(19-21-48)27-32-5-3-31(4-6-32)17-22-50-37-12-9-35(43)10-13-37;/h3-16,23-26H,17-22,27-28H2,1-2H3;1H. The van der Waals surface area contributed by atoms with Crippen molar-refractivity contribution in [3.05, 3.63) is 153 Å². The molecule has 0 aliphatic carbocycles. The number of hydrogen-bond donors (Lipinski definition) is 0. The van der Waals surface area contributed by atoms with Gasteiger partial charge in [-0.3, -0.25) is 9.69 Å². The number of rotatable bonds is 13. The van der Waals surface area contributed by atoms with E-state index in [1.807, 2.05) is 61.2 Å². The predicted octanol–water partition coefficient (Wildman–Crippen LogP) is 9.92. The summed E-state index contributed by atoms with van der Waals surface area (Å²) >= 11 is 12.0. The van der Waals surface area contributed by atoms with Crippen molar-refractivity contribution in [1.82, 2.24) is 14.8 Å². The van der Waals surface area contributed by atoms with Crippen molar-refractivity contribution in [3.8, 4) is 23.1 Å². The van der Waals surface area contributed by atoms with Crippen molar-refractivity contribution in [2.45, 2.75) is 33.4 Å². The number of ether oxygens (including phenoxy) is 3. The van der Waals surface area contributed by atoms with Crippen LogP contribution in [0.1, 0.15) is 33.4 Å². The summed E-state index contributed by atoms with van der Waals surface area (Å²) in [6.07, 6.45) is 5.91. The van der Waals surface area contributed by atoms with Crippen LogP contribution in [0.15, 0.2) is 103 Å². The van der Waals surface area contributed by atoms with Crippen LogP contribution in [-0.4, -0.2) is 53.5 Å². The molecule has 4 aromatic carbocycles. The summed E-state index contributed by atoms with van der Waals surface area (Å²) in [7, 11) is 0. The van der Waals surface area contributed by atoms with Gasteiger partial charge in [-0.1, -0.05) is 53.5 Å². The minimum absolute atomic E-state index is 0. The molecule has 1 fully saturated rings. The smallest absolute Gasteiger partial charge is 0.246 e. The van der Waals surface area contributed by atoms with E-state index in [2.05, 4.69) is 34.1 Å². The van der Waals surface area contributed by atoms with E-state index < -0.39 is 5.82 Å². The van der Waals surface area contributed by atoms with E-state index in [0.717, 1.165) is 48.5 Å². The Bertz CT molecular complexity index is 1980. The number of aryl methyl sites for hydroxylation is 2. The first-order valence-electron chi connectivity index (χ1n) is 17.2. The Kier molecular flexibility index (Phi) is 14.2. The summed E-state index contributed by atoms with van der Waals surface area (Å²) in [5.41, 5.74) is 5.93. The molecular weight excluding hydrogens is 736 g/mol. The number of nitrogens with zero attached hydrogens (tertiary/aromatic N) is 3. The molecule has 276 valence electrons. The van der Waals surface area contributed by atoms with Crippen LogP contribution in [0.25, 0.3) is 6.08 Å². The molecule has 1 amide bonds. The van der Waals surface area contributed by atoms with Gasteiger partial charge in [0, 0.05) is 61.9 Å². The monoisotopic (exact) mass is 775 g/mol. The van der Waals surface area contributed by atoms with Gasteiger partial charge in [0.1, 0.15) is 29.7 Å². The van der Waals surface area contributed by atoms with Crippen LogP contribution in [-0.2, 0) is 24.4 Å². The van der Waals surface area contributed by atoms with Crippen molar-refractivity contribution in [1.29, 1.82) is 0 Å². The van der Waals surface area contributed by atoms with Gasteiger partial charge in [-0.2, -0.15) is 0 Å². The Morgan fingerprint density at radius 3 is 2.17 bits per heavy atom. The van der Waals surface area contributed by atoms with Crippen LogP contribution >= 0.6 is 35.6 Å². The normalized spacial score (nSPS) is 13.1. The average molecular weight is 777 g/mol. The molecular formula is C42H41Cl3FN3O4. The fraction of sp³-hybridized carbons (Fsp3) is 0.238. The molecule has 0 N–H and O–H groups in total. The van der Waals surface area contributed by atoms with Crippen LogP contribution in [0.5, 0.6) is 23.1 Å². The lowest BCUT2D eigenvalue weighted by Crippen LogP contribution is -2.47. The fourth-order valence-electron chi connectivity index (χ4n) is 5.94. The average Bonchev–Trinajstić information content (AvgIpc) is 3.14. The van der Waals surface area contributed by atoms with Gasteiger partial charge in [0.05, 0.1) is 17.8 Å². The number of piperazine rings is 1. The molecule has 1 aromatic heterocycles. The highest BCUT2D eigenvalue weighted by atomic mass is 35.5. The second kappa shape index (κ2) is 18.9. The van der Waals surface area contributed by atoms with Gasteiger partial charge in [0.15, 0.2) is 0 Å². The Morgan fingerprint density at radius 2 is 1.51 bits per heavy atom. The SMILES string of the molecule is Cc1cc(C=CC(=O)N2CCN(Cc3ccc(CCOc4ccc(Cl)cc4)cc3)CC2)cc(C)c1Oc1ccc(OCc2ccc(F)cc2Cl)cn1.Cl. The molecule has 0 unspecified atom stereocenters. The van der Waals surface area contributed by atoms with Gasteiger partial charge in [0.2, 0.25) is 11.8 Å². The zero-order valence-electron chi connectivity index (χ0n) is 29.6. The third-order valence-electron chi connectivity index (χ3n) is 8.81. The lowest BCUT2D eigenvalue weighted by atomic mass is 10.1. The molecule has 53 heavy (non-hydrogen) atoms. The van der Waals surface area contributed by atoms with E-state index in [1.54, 1.807) is 30.5 Å². The molecule has 6 rings (SSSR count). The van der Waals surface area contributed by atoms with Crippen molar-refractivity contribution in [3.63, 3.8) is 0 Å². The number of amides is 1. The molecule has 0 saturated carbocycles. The molecule has 0 spiro atoms. The van der Waals surface area contributed by atoms with E-state index in [-0.39, 0.29) is 24.9 Å². The van der Waals surface area contributed by atoms with Gasteiger partial charge < -0.3 is 19.1 Å². The molecule has 0 bridgehead atoms. The number of benzene rings is 4. The van der Waals surface area contributed by atoms with Gasteiger partial charge >= 0.3 is 0 Å². The van der Waals surface area contributed by atoms with Crippen molar-refractivity contribution < 1.29 is 23.4 Å². The zero-order valence-corrected chi connectivity index (χ0v) is 31.9. The minimum atomic E-state index is -0.394. The third kappa shape index (κ3) is 11.4. The van der Waals surface area contributed by atoms with Gasteiger partial charge in [-0.15, -0.1) is 12.4 Å². The summed E-state index contributed by atoms with van der Waals surface area (Å²) in [5.74, 6) is 2.09. The first-order valence-corrected chi connectivity index (χ1v) is 17.9. The fourth-order valence-corrected chi connectivity index (χ4v) is 6.29. The number of aromatic nitrogens is 1. The van der Waals surface area contributed by atoms with Crippen LogP contribution in [0.2, 0.25) is 10.0 Å². The molecule has 0 radical (unpaired) electrons. The Morgan fingerprint density at radius 1 is 0.830 bits per heavy atom. The van der Waals surface area contributed by atoms with Crippen molar-refractivity contribution in [2.75, 3.05) is 32.8 Å². The summed E-state index contributed by atoms with van der Waals surface area (Å²) in [4.78, 5) is 21.7. The molecule has 1 aliphatic rings. The maximum absolute atomic E-state index is 13.3. The maximum atomic E-state index is 13.3. The third-order valence-corrected chi connectivity index (χ3v) is 9.42. The van der Waals surface area contributed by atoms with Gasteiger partial charge in [0.25, 0.3) is 0 Å². The number of carbonyl (C=O) groups excluding carboxylic acids is 1. The number of halogens is 4. The van der Waals surface area contributed by atoms with Crippen LogP contribution in [0.3, 0.4) is 0 Å². The highest BCUT2D eigenvalue weighted by Crippen LogP contribution is 2.30. The molecule has 1 aliphatic heterocycles. The van der Waals surface area contributed by atoms with Crippen LogP contribution in [0, 0.1) is 19.7 Å². The second-order valence-corrected chi connectivity index (χ2v) is 13.6. The number of pyridine rings is 1. The highest BCUT2D eigenvalue weighted by Gasteiger charge is 2.20. The van der Waals surface area contributed by atoms with E-state index >= 15 is 0 Å². The Balaban J connectivity index is 0.00000541. The number of hydrogen-bond acceptors (Lipinski definition) is 6. The van der Waals surface area contributed by atoms with E-state index in [4.69, 9.17) is 37.4 Å². The van der Waals surface area contributed by atoms with Crippen LogP contribution in [0.4, 0.5) is 4.39 Å². The summed E-state index contributed by atoms with van der Waals surface area (Å²) in [5, 5.41) is 1.01. The zero-order chi connectivity index (χ0) is 36.5. The molecule has 0 atom stereocenters. The summed E-state index contributed by atoms with van der Waals surface area (Å²) < 4.78 is 31.0. The molecule has 5 aromatic rings. The largest absolute Gasteiger partial charge is 0.493 e. The first kappa shape index (κ1) is 39.6. The topological polar surface area (TPSA) is 64.1 Å². The first-order chi connectivity index (χ1) is 25.2.